The molecule has 1 atom stereocenters. The maximum absolute atomic E-state index is 12.4. The van der Waals surface area contributed by atoms with E-state index < -0.39 is 23.9 Å². The molecule has 142 valence electrons. The molecule has 0 aliphatic rings. The molecule has 1 amide bonds. The van der Waals surface area contributed by atoms with Crippen molar-refractivity contribution in [3.63, 3.8) is 0 Å². The number of rotatable bonds is 6. The normalized spacial score (nSPS) is 11.3. The number of carbonyl (C=O) groups is 3. The van der Waals surface area contributed by atoms with Crippen LogP contribution in [0.1, 0.15) is 27.6 Å². The second-order valence-electron chi connectivity index (χ2n) is 5.49. The van der Waals surface area contributed by atoms with Crippen LogP contribution in [0.25, 0.3) is 0 Å². The van der Waals surface area contributed by atoms with Crippen LogP contribution in [-0.2, 0) is 14.3 Å². The molecule has 0 aromatic heterocycles. The first-order valence-corrected chi connectivity index (χ1v) is 8.26. The fourth-order valence-electron chi connectivity index (χ4n) is 2.21. The number of nitrogens with one attached hydrogen (secondary N) is 1. The fourth-order valence-corrected chi connectivity index (χ4v) is 2.39. The van der Waals surface area contributed by atoms with E-state index in [1.807, 2.05) is 0 Å². The van der Waals surface area contributed by atoms with Crippen LogP contribution in [0.4, 0.5) is 5.69 Å². The molecule has 27 heavy (non-hydrogen) atoms. The summed E-state index contributed by atoms with van der Waals surface area (Å²) in [4.78, 5) is 36.0. The molecule has 8 heteroatoms. The van der Waals surface area contributed by atoms with Gasteiger partial charge >= 0.3 is 11.9 Å². The highest BCUT2D eigenvalue weighted by Crippen LogP contribution is 2.20. The smallest absolute Gasteiger partial charge is 0.337 e. The van der Waals surface area contributed by atoms with Crippen molar-refractivity contribution in [2.45, 2.75) is 13.0 Å². The Bertz CT molecular complexity index is 833. The van der Waals surface area contributed by atoms with Gasteiger partial charge in [0.15, 0.2) is 6.10 Å². The van der Waals surface area contributed by atoms with E-state index in [4.69, 9.17) is 16.3 Å². The monoisotopic (exact) mass is 391 g/mol. The van der Waals surface area contributed by atoms with Gasteiger partial charge in [0.2, 0.25) is 0 Å². The van der Waals surface area contributed by atoms with Crippen LogP contribution in [0.2, 0.25) is 5.02 Å². The van der Waals surface area contributed by atoms with Gasteiger partial charge in [0.05, 0.1) is 25.3 Å². The van der Waals surface area contributed by atoms with Crippen molar-refractivity contribution in [1.82, 2.24) is 0 Å². The van der Waals surface area contributed by atoms with Crippen LogP contribution in [0.5, 0.6) is 5.75 Å². The van der Waals surface area contributed by atoms with Gasteiger partial charge in [-0.3, -0.25) is 4.79 Å². The minimum absolute atomic E-state index is 0.0964. The van der Waals surface area contributed by atoms with Gasteiger partial charge < -0.3 is 19.5 Å². The topological polar surface area (TPSA) is 90.9 Å². The summed E-state index contributed by atoms with van der Waals surface area (Å²) in [6.45, 7) is 1.56. The molecular weight excluding hydrogens is 374 g/mol. The number of ether oxygens (including phenoxy) is 3. The third-order valence-corrected chi connectivity index (χ3v) is 3.76. The molecule has 0 saturated heterocycles. The van der Waals surface area contributed by atoms with E-state index in [-0.39, 0.29) is 16.8 Å². The molecule has 0 spiro atoms. The summed E-state index contributed by atoms with van der Waals surface area (Å²) in [5.41, 5.74) is 0.420. The maximum Gasteiger partial charge on any atom is 0.337 e. The van der Waals surface area contributed by atoms with Crippen molar-refractivity contribution in [2.75, 3.05) is 19.5 Å². The molecule has 0 aliphatic carbocycles. The highest BCUT2D eigenvalue weighted by atomic mass is 35.5. The van der Waals surface area contributed by atoms with Crippen molar-refractivity contribution in [3.8, 4) is 5.75 Å². The van der Waals surface area contributed by atoms with E-state index in [0.717, 1.165) is 0 Å². The van der Waals surface area contributed by atoms with E-state index in [9.17, 15) is 14.4 Å². The average Bonchev–Trinajstić information content (AvgIpc) is 2.66. The van der Waals surface area contributed by atoms with E-state index in [2.05, 4.69) is 14.8 Å². The van der Waals surface area contributed by atoms with Crippen LogP contribution < -0.4 is 10.1 Å². The van der Waals surface area contributed by atoms with E-state index >= 15 is 0 Å². The zero-order chi connectivity index (χ0) is 20.0. The first kappa shape index (κ1) is 20.3. The Balaban J connectivity index is 2.20. The average molecular weight is 392 g/mol. The molecule has 0 aliphatic heterocycles. The molecule has 0 fully saturated rings. The van der Waals surface area contributed by atoms with Crippen LogP contribution in [0.15, 0.2) is 42.5 Å². The number of hydrogen-bond donors (Lipinski definition) is 1. The molecular formula is C19H18ClNO6. The maximum atomic E-state index is 12.4. The standard InChI is InChI=1S/C19H18ClNO6/c1-11(27-16-6-4-5-14(20)10-16)17(22)21-15-8-12(18(23)25-2)7-13(9-15)19(24)26-3/h4-11H,1-3H3,(H,21,22)/t11-/m1/s1. The number of hydrogen-bond acceptors (Lipinski definition) is 6. The molecule has 2 aromatic rings. The third kappa shape index (κ3) is 5.46. The van der Waals surface area contributed by atoms with Crippen LogP contribution in [0, 0.1) is 0 Å². The number of amides is 1. The lowest BCUT2D eigenvalue weighted by atomic mass is 10.1. The van der Waals surface area contributed by atoms with Gasteiger partial charge in [0.25, 0.3) is 5.91 Å². The zero-order valence-corrected chi connectivity index (χ0v) is 15.7. The summed E-state index contributed by atoms with van der Waals surface area (Å²) < 4.78 is 14.9. The van der Waals surface area contributed by atoms with Crippen LogP contribution in [-0.4, -0.2) is 38.2 Å². The first-order valence-electron chi connectivity index (χ1n) is 7.89. The van der Waals surface area contributed by atoms with Gasteiger partial charge in [-0.15, -0.1) is 0 Å². The van der Waals surface area contributed by atoms with Gasteiger partial charge in [-0.25, -0.2) is 9.59 Å². The fraction of sp³-hybridized carbons (Fsp3) is 0.211. The number of halogens is 1. The Hall–Kier alpha value is -3.06. The predicted octanol–water partition coefficient (Wildman–Crippen LogP) is 3.32. The van der Waals surface area contributed by atoms with Crippen LogP contribution >= 0.6 is 11.6 Å². The molecule has 0 saturated carbocycles. The Kier molecular flexibility index (Phi) is 6.79. The van der Waals surface area contributed by atoms with E-state index in [0.29, 0.717) is 10.8 Å². The van der Waals surface area contributed by atoms with Crippen molar-refractivity contribution in [1.29, 1.82) is 0 Å². The Labute approximate surface area is 161 Å². The largest absolute Gasteiger partial charge is 0.481 e. The number of benzene rings is 2. The van der Waals surface area contributed by atoms with Crippen molar-refractivity contribution < 1.29 is 28.6 Å². The van der Waals surface area contributed by atoms with E-state index in [1.54, 1.807) is 31.2 Å². The summed E-state index contributed by atoms with van der Waals surface area (Å²) >= 11 is 5.89. The molecule has 1 N–H and O–H groups in total. The van der Waals surface area contributed by atoms with Gasteiger partial charge in [-0.1, -0.05) is 17.7 Å². The third-order valence-electron chi connectivity index (χ3n) is 3.52. The summed E-state index contributed by atoms with van der Waals surface area (Å²) in [6.07, 6.45) is -0.855. The molecule has 0 radical (unpaired) electrons. The minimum atomic E-state index is -0.855. The minimum Gasteiger partial charge on any atom is -0.481 e. The van der Waals surface area contributed by atoms with Crippen molar-refractivity contribution >= 4 is 35.1 Å². The Morgan fingerprint density at radius 1 is 0.963 bits per heavy atom. The molecule has 2 rings (SSSR count). The molecule has 2 aromatic carbocycles. The van der Waals surface area contributed by atoms with Gasteiger partial charge in [-0.2, -0.15) is 0 Å². The van der Waals surface area contributed by atoms with Gasteiger partial charge in [0, 0.05) is 10.7 Å². The second-order valence-corrected chi connectivity index (χ2v) is 5.93. The molecule has 7 nitrogen and oxygen atoms in total. The summed E-state index contributed by atoms with van der Waals surface area (Å²) in [5, 5.41) is 3.08. The van der Waals surface area contributed by atoms with Crippen LogP contribution in [0.3, 0.4) is 0 Å². The second kappa shape index (κ2) is 9.05. The van der Waals surface area contributed by atoms with Gasteiger partial charge in [0.1, 0.15) is 5.75 Å². The molecule has 0 bridgehead atoms. The Morgan fingerprint density at radius 2 is 1.56 bits per heavy atom. The quantitative estimate of drug-likeness (QED) is 0.759. The number of carbonyl (C=O) groups excluding carboxylic acids is 3. The number of methoxy groups -OCH3 is 2. The lowest BCUT2D eigenvalue weighted by Crippen LogP contribution is -2.30. The lowest BCUT2D eigenvalue weighted by molar-refractivity contribution is -0.122. The molecule has 0 unspecified atom stereocenters. The summed E-state index contributed by atoms with van der Waals surface area (Å²) in [6, 6.07) is 10.7. The highest BCUT2D eigenvalue weighted by molar-refractivity contribution is 6.30. The van der Waals surface area contributed by atoms with Crippen molar-refractivity contribution in [3.05, 3.63) is 58.6 Å². The van der Waals surface area contributed by atoms with Crippen molar-refractivity contribution in [2.24, 2.45) is 0 Å². The SMILES string of the molecule is COC(=O)c1cc(NC(=O)[C@@H](C)Oc2cccc(Cl)c2)cc(C(=O)OC)c1. The highest BCUT2D eigenvalue weighted by Gasteiger charge is 2.18. The summed E-state index contributed by atoms with van der Waals surface area (Å²) in [5.74, 6) is -1.35. The van der Waals surface area contributed by atoms with E-state index in [1.165, 1.54) is 32.4 Å². The van der Waals surface area contributed by atoms with Gasteiger partial charge in [-0.05, 0) is 43.3 Å². The molecule has 0 heterocycles. The number of esters is 2. The predicted molar refractivity (Wildman–Crippen MR) is 99.3 cm³/mol. The summed E-state index contributed by atoms with van der Waals surface area (Å²) in [7, 11) is 2.43. The first-order chi connectivity index (χ1) is 12.8. The lowest BCUT2D eigenvalue weighted by Gasteiger charge is -2.15. The Morgan fingerprint density at radius 3 is 2.07 bits per heavy atom. The zero-order valence-electron chi connectivity index (χ0n) is 14.9. The number of anilines is 1.